The average Bonchev–Trinajstić information content (AvgIpc) is 2.93. The molecule has 0 spiro atoms. The highest BCUT2D eigenvalue weighted by Crippen LogP contribution is 2.20. The first-order valence-corrected chi connectivity index (χ1v) is 8.38. The molecule has 0 fully saturated rings. The molecule has 0 bridgehead atoms. The first kappa shape index (κ1) is 18.3. The Morgan fingerprint density at radius 2 is 2.12 bits per heavy atom. The lowest BCUT2D eigenvalue weighted by atomic mass is 10.3. The van der Waals surface area contributed by atoms with Crippen molar-refractivity contribution in [3.05, 3.63) is 40.9 Å². The van der Waals surface area contributed by atoms with E-state index in [0.717, 1.165) is 11.8 Å². The predicted octanol–water partition coefficient (Wildman–Crippen LogP) is 3.47. The molecule has 128 valence electrons. The van der Waals surface area contributed by atoms with E-state index in [4.69, 9.17) is 16.1 Å². The maximum Gasteiger partial charge on any atom is 0.238 e. The number of nitrogens with one attached hydrogen (secondary N) is 2. The molecule has 1 heterocycles. The van der Waals surface area contributed by atoms with Gasteiger partial charge >= 0.3 is 0 Å². The Morgan fingerprint density at radius 1 is 1.38 bits per heavy atom. The molecular formula is C15H15ClFN3O3S. The molecule has 24 heavy (non-hydrogen) atoms. The summed E-state index contributed by atoms with van der Waals surface area (Å²) in [4.78, 5) is 23.8. The molecule has 9 heteroatoms. The van der Waals surface area contributed by atoms with Crippen LogP contribution in [0.25, 0.3) is 0 Å². The van der Waals surface area contributed by atoms with Crippen molar-refractivity contribution in [1.29, 1.82) is 0 Å². The van der Waals surface area contributed by atoms with Crippen molar-refractivity contribution < 1.29 is 18.5 Å². The number of halogens is 2. The number of carbonyl (C=O) groups excluding carboxylic acids is 2. The summed E-state index contributed by atoms with van der Waals surface area (Å²) in [7, 11) is 0. The number of hydrogen-bond acceptors (Lipinski definition) is 5. The van der Waals surface area contributed by atoms with E-state index in [0.29, 0.717) is 17.3 Å². The van der Waals surface area contributed by atoms with Crippen molar-refractivity contribution in [1.82, 2.24) is 5.16 Å². The Kier molecular flexibility index (Phi) is 6.22. The molecule has 0 unspecified atom stereocenters. The summed E-state index contributed by atoms with van der Waals surface area (Å²) in [6.45, 7) is 3.39. The third-order valence-electron chi connectivity index (χ3n) is 2.92. The second-order valence-corrected chi connectivity index (χ2v) is 6.68. The minimum absolute atomic E-state index is 0.0570. The predicted molar refractivity (Wildman–Crippen MR) is 91.8 cm³/mol. The van der Waals surface area contributed by atoms with Crippen LogP contribution in [0, 0.1) is 12.7 Å². The average molecular weight is 372 g/mol. The van der Waals surface area contributed by atoms with Gasteiger partial charge in [-0.25, -0.2) is 4.39 Å². The highest BCUT2D eigenvalue weighted by atomic mass is 35.5. The Balaban J connectivity index is 1.79. The second kappa shape index (κ2) is 8.16. The minimum Gasteiger partial charge on any atom is -0.360 e. The standard InChI is InChI=1S/C15H15ClFN3O3S/c1-8-5-13(20-23-8)19-15(22)9(2)24-7-14(21)18-10-3-4-12(17)11(16)6-10/h3-6,9H,7H2,1-2H3,(H,18,21)(H,19,20,22)/t9-/m1/s1. The van der Waals surface area contributed by atoms with Crippen LogP contribution >= 0.6 is 23.4 Å². The fraction of sp³-hybridized carbons (Fsp3) is 0.267. The van der Waals surface area contributed by atoms with Gasteiger partial charge in [-0.2, -0.15) is 0 Å². The summed E-state index contributed by atoms with van der Waals surface area (Å²) < 4.78 is 17.9. The van der Waals surface area contributed by atoms with Gasteiger partial charge < -0.3 is 15.2 Å². The van der Waals surface area contributed by atoms with Crippen molar-refractivity contribution in [3.63, 3.8) is 0 Å². The number of rotatable bonds is 6. The molecule has 0 saturated heterocycles. The lowest BCUT2D eigenvalue weighted by molar-refractivity contribution is -0.115. The quantitative estimate of drug-likeness (QED) is 0.812. The summed E-state index contributed by atoms with van der Waals surface area (Å²) in [6.07, 6.45) is 0. The molecule has 1 atom stereocenters. The highest BCUT2D eigenvalue weighted by Gasteiger charge is 2.17. The van der Waals surface area contributed by atoms with Gasteiger partial charge in [0.05, 0.1) is 16.0 Å². The number of benzene rings is 1. The number of amides is 2. The van der Waals surface area contributed by atoms with E-state index in [9.17, 15) is 14.0 Å². The number of carbonyl (C=O) groups is 2. The van der Waals surface area contributed by atoms with Crippen LogP contribution in [-0.2, 0) is 9.59 Å². The minimum atomic E-state index is -0.558. The molecule has 2 amide bonds. The SMILES string of the molecule is Cc1cc(NC(=O)[C@@H](C)SCC(=O)Nc2ccc(F)c(Cl)c2)no1. The van der Waals surface area contributed by atoms with Gasteiger partial charge in [-0.1, -0.05) is 16.8 Å². The lowest BCUT2D eigenvalue weighted by Crippen LogP contribution is -2.25. The van der Waals surface area contributed by atoms with Gasteiger partial charge in [0.25, 0.3) is 0 Å². The topological polar surface area (TPSA) is 84.2 Å². The molecule has 2 N–H and O–H groups in total. The molecule has 0 radical (unpaired) electrons. The van der Waals surface area contributed by atoms with Crippen molar-refractivity contribution in [2.24, 2.45) is 0 Å². The monoisotopic (exact) mass is 371 g/mol. The van der Waals surface area contributed by atoms with Crippen molar-refractivity contribution in [3.8, 4) is 0 Å². The van der Waals surface area contributed by atoms with E-state index < -0.39 is 11.1 Å². The van der Waals surface area contributed by atoms with Gasteiger partial charge in [0.2, 0.25) is 11.8 Å². The van der Waals surface area contributed by atoms with Gasteiger partial charge in [0.1, 0.15) is 11.6 Å². The van der Waals surface area contributed by atoms with E-state index in [1.807, 2.05) is 0 Å². The highest BCUT2D eigenvalue weighted by molar-refractivity contribution is 8.01. The van der Waals surface area contributed by atoms with E-state index >= 15 is 0 Å². The summed E-state index contributed by atoms with van der Waals surface area (Å²) in [6, 6.07) is 5.50. The Bertz CT molecular complexity index is 753. The molecule has 1 aromatic heterocycles. The smallest absolute Gasteiger partial charge is 0.238 e. The van der Waals surface area contributed by atoms with Gasteiger partial charge in [0, 0.05) is 11.8 Å². The Morgan fingerprint density at radius 3 is 2.75 bits per heavy atom. The second-order valence-electron chi connectivity index (χ2n) is 4.94. The number of anilines is 2. The summed E-state index contributed by atoms with van der Waals surface area (Å²) in [5, 5.41) is 8.31. The maximum absolute atomic E-state index is 13.1. The van der Waals surface area contributed by atoms with Crippen LogP contribution in [0.4, 0.5) is 15.9 Å². The zero-order valence-electron chi connectivity index (χ0n) is 12.9. The van der Waals surface area contributed by atoms with E-state index in [1.54, 1.807) is 19.9 Å². The molecule has 0 aliphatic carbocycles. The number of aromatic nitrogens is 1. The maximum atomic E-state index is 13.1. The molecule has 2 rings (SSSR count). The fourth-order valence-electron chi connectivity index (χ4n) is 1.70. The van der Waals surface area contributed by atoms with Crippen LogP contribution in [-0.4, -0.2) is 28.0 Å². The van der Waals surface area contributed by atoms with E-state index in [1.165, 1.54) is 18.2 Å². The largest absolute Gasteiger partial charge is 0.360 e. The van der Waals surface area contributed by atoms with Gasteiger partial charge in [-0.3, -0.25) is 9.59 Å². The fourth-order valence-corrected chi connectivity index (χ4v) is 2.56. The van der Waals surface area contributed by atoms with Crippen molar-refractivity contribution in [2.45, 2.75) is 19.1 Å². The van der Waals surface area contributed by atoms with E-state index in [2.05, 4.69) is 15.8 Å². The van der Waals surface area contributed by atoms with Gasteiger partial charge in [-0.15, -0.1) is 11.8 Å². The van der Waals surface area contributed by atoms with Gasteiger partial charge in [-0.05, 0) is 32.0 Å². The molecule has 0 saturated carbocycles. The van der Waals surface area contributed by atoms with Crippen molar-refractivity contribution in [2.75, 3.05) is 16.4 Å². The molecular weight excluding hydrogens is 357 g/mol. The van der Waals surface area contributed by atoms with Crippen LogP contribution in [0.3, 0.4) is 0 Å². The van der Waals surface area contributed by atoms with Crippen molar-refractivity contribution >= 4 is 46.7 Å². The third-order valence-corrected chi connectivity index (χ3v) is 4.35. The number of thioether (sulfide) groups is 1. The molecule has 1 aromatic carbocycles. The molecule has 6 nitrogen and oxygen atoms in total. The zero-order chi connectivity index (χ0) is 17.7. The summed E-state index contributed by atoms with van der Waals surface area (Å²) in [5.41, 5.74) is 0.391. The van der Waals surface area contributed by atoms with Crippen LogP contribution in [0.1, 0.15) is 12.7 Å². The number of hydrogen-bond donors (Lipinski definition) is 2. The Hall–Kier alpha value is -2.06. The van der Waals surface area contributed by atoms with Crippen LogP contribution in [0.5, 0.6) is 0 Å². The van der Waals surface area contributed by atoms with Gasteiger partial charge in [0.15, 0.2) is 5.82 Å². The molecule has 0 aliphatic rings. The number of aryl methyl sites for hydroxylation is 1. The zero-order valence-corrected chi connectivity index (χ0v) is 14.5. The first-order chi connectivity index (χ1) is 11.3. The summed E-state index contributed by atoms with van der Waals surface area (Å²) in [5.74, 6) is -0.192. The summed E-state index contributed by atoms with van der Waals surface area (Å²) >= 11 is 6.80. The van der Waals surface area contributed by atoms with Crippen LogP contribution < -0.4 is 10.6 Å². The van der Waals surface area contributed by atoms with Crippen LogP contribution in [0.2, 0.25) is 5.02 Å². The lowest BCUT2D eigenvalue weighted by Gasteiger charge is -2.10. The number of nitrogens with zero attached hydrogens (tertiary/aromatic N) is 1. The normalized spacial score (nSPS) is 11.8. The first-order valence-electron chi connectivity index (χ1n) is 6.96. The third kappa shape index (κ3) is 5.24. The Labute approximate surface area is 147 Å². The van der Waals surface area contributed by atoms with Crippen LogP contribution in [0.15, 0.2) is 28.8 Å². The molecule has 2 aromatic rings. The molecule has 0 aliphatic heterocycles. The van der Waals surface area contributed by atoms with E-state index in [-0.39, 0.29) is 22.6 Å².